The summed E-state index contributed by atoms with van der Waals surface area (Å²) in [4.78, 5) is 21.0. The van der Waals surface area contributed by atoms with E-state index in [4.69, 9.17) is 16.3 Å². The van der Waals surface area contributed by atoms with Gasteiger partial charge in [-0.3, -0.25) is 9.78 Å². The van der Waals surface area contributed by atoms with Crippen LogP contribution >= 0.6 is 22.9 Å². The molecule has 0 saturated heterocycles. The smallest absolute Gasteiger partial charge is 0.266 e. The summed E-state index contributed by atoms with van der Waals surface area (Å²) in [6, 6.07) is 10.8. The van der Waals surface area contributed by atoms with E-state index in [2.05, 4.69) is 34.6 Å². The summed E-state index contributed by atoms with van der Waals surface area (Å²) < 4.78 is 6.86. The first kappa shape index (κ1) is 25.0. The largest absolute Gasteiger partial charge is 0.496 e. The lowest BCUT2D eigenvalue weighted by molar-refractivity contribution is 0.0604. The number of hydrogen-bond donors (Lipinski definition) is 1. The number of ether oxygens (including phenoxy) is 1. The molecule has 0 bridgehead atoms. The molecular formula is C29H32ClN3O2S. The van der Waals surface area contributed by atoms with E-state index < -0.39 is 0 Å². The molecule has 5 rings (SSSR count). The zero-order valence-electron chi connectivity index (χ0n) is 20.8. The Morgan fingerprint density at radius 3 is 2.56 bits per heavy atom. The predicted molar refractivity (Wildman–Crippen MR) is 148 cm³/mol. The van der Waals surface area contributed by atoms with E-state index in [9.17, 15) is 4.79 Å². The summed E-state index contributed by atoms with van der Waals surface area (Å²) in [6.07, 6.45) is 13.9. The van der Waals surface area contributed by atoms with Crippen LogP contribution in [0.5, 0.6) is 5.75 Å². The van der Waals surface area contributed by atoms with Crippen molar-refractivity contribution in [2.45, 2.75) is 57.2 Å². The van der Waals surface area contributed by atoms with Crippen molar-refractivity contribution in [2.75, 3.05) is 14.2 Å². The lowest BCUT2D eigenvalue weighted by Gasteiger charge is -2.37. The molecule has 0 unspecified atom stereocenters. The number of benzene rings is 1. The summed E-state index contributed by atoms with van der Waals surface area (Å²) >= 11 is 8.33. The molecule has 2 aromatic heterocycles. The summed E-state index contributed by atoms with van der Waals surface area (Å²) in [7, 11) is 3.71. The zero-order chi connectivity index (χ0) is 25.1. The summed E-state index contributed by atoms with van der Waals surface area (Å²) in [5.74, 6) is 0.804. The lowest BCUT2D eigenvalue weighted by Crippen LogP contribution is -2.44. The minimum atomic E-state index is 0.0190. The standard InChI is InChI=1S/C29H32ClN3O2S/c1-31-22-8-10-23(11-9-22)33(29(34)28-27(30)24-5-3-4-6-26(24)36-28)18-21-17-20(7-12-25(21)35-2)19-13-15-32-16-14-19/h5-7,12-17,22-23,31H,3-4,8-11,18H2,1-2H3/t22-,23+. The van der Waals surface area contributed by atoms with Crippen LogP contribution in [0.2, 0.25) is 5.02 Å². The molecule has 2 heterocycles. The minimum Gasteiger partial charge on any atom is -0.496 e. The van der Waals surface area contributed by atoms with Crippen molar-refractivity contribution in [1.82, 2.24) is 15.2 Å². The molecule has 2 aliphatic rings. The molecule has 3 aromatic rings. The minimum absolute atomic E-state index is 0.0190. The Morgan fingerprint density at radius 2 is 1.86 bits per heavy atom. The van der Waals surface area contributed by atoms with Gasteiger partial charge in [-0.1, -0.05) is 29.8 Å². The summed E-state index contributed by atoms with van der Waals surface area (Å²) in [6.45, 7) is 0.474. The van der Waals surface area contributed by atoms with Crippen LogP contribution in [0.4, 0.5) is 0 Å². The first-order valence-electron chi connectivity index (χ1n) is 12.6. The molecule has 1 saturated carbocycles. The molecule has 1 N–H and O–H groups in total. The molecule has 2 aliphatic carbocycles. The Balaban J connectivity index is 1.53. The van der Waals surface area contributed by atoms with Crippen LogP contribution in [0.1, 0.15) is 53.8 Å². The molecule has 0 atom stereocenters. The number of nitrogens with one attached hydrogen (secondary N) is 1. The average molecular weight is 522 g/mol. The third-order valence-corrected chi connectivity index (χ3v) is 9.09. The van der Waals surface area contributed by atoms with Gasteiger partial charge in [-0.2, -0.15) is 0 Å². The zero-order valence-corrected chi connectivity index (χ0v) is 22.4. The van der Waals surface area contributed by atoms with Gasteiger partial charge >= 0.3 is 0 Å². The summed E-state index contributed by atoms with van der Waals surface area (Å²) in [5.41, 5.74) is 3.15. The SMILES string of the molecule is CN[C@H]1CC[C@@H](N(Cc2cc(-c3ccncc3)ccc2OC)C(=O)c2sc3c(c2Cl)=CCCC=3)CC1. The quantitative estimate of drug-likeness (QED) is 0.475. The highest BCUT2D eigenvalue weighted by atomic mass is 35.5. The molecule has 1 fully saturated rings. The number of hydrogen-bond acceptors (Lipinski definition) is 5. The second kappa shape index (κ2) is 11.2. The van der Waals surface area contributed by atoms with Gasteiger partial charge in [0.2, 0.25) is 0 Å². The first-order chi connectivity index (χ1) is 17.6. The fraction of sp³-hybridized carbons (Fsp3) is 0.379. The third-order valence-electron chi connectivity index (χ3n) is 7.39. The molecule has 188 valence electrons. The number of fused-ring (bicyclic) bond motifs is 1. The molecule has 36 heavy (non-hydrogen) atoms. The second-order valence-electron chi connectivity index (χ2n) is 9.50. The van der Waals surface area contributed by atoms with Crippen LogP contribution in [-0.4, -0.2) is 42.0 Å². The van der Waals surface area contributed by atoms with Crippen LogP contribution in [0.25, 0.3) is 23.3 Å². The second-order valence-corrected chi connectivity index (χ2v) is 10.9. The Kier molecular flexibility index (Phi) is 7.75. The van der Waals surface area contributed by atoms with Crippen LogP contribution in [-0.2, 0) is 6.54 Å². The van der Waals surface area contributed by atoms with E-state index in [1.165, 1.54) is 11.3 Å². The average Bonchev–Trinajstić information content (AvgIpc) is 3.28. The number of methoxy groups -OCH3 is 1. The maximum absolute atomic E-state index is 14.2. The van der Waals surface area contributed by atoms with Crippen molar-refractivity contribution in [1.29, 1.82) is 0 Å². The van der Waals surface area contributed by atoms with Gasteiger partial charge in [0, 0.05) is 46.3 Å². The monoisotopic (exact) mass is 521 g/mol. The Labute approximate surface area is 221 Å². The van der Waals surface area contributed by atoms with E-state index in [0.29, 0.717) is 22.5 Å². The van der Waals surface area contributed by atoms with Gasteiger partial charge in [0.1, 0.15) is 10.6 Å². The highest BCUT2D eigenvalue weighted by Gasteiger charge is 2.32. The molecule has 1 aromatic carbocycles. The maximum atomic E-state index is 14.2. The normalized spacial score (nSPS) is 19.1. The Morgan fingerprint density at radius 1 is 1.11 bits per heavy atom. The lowest BCUT2D eigenvalue weighted by atomic mass is 9.89. The fourth-order valence-corrected chi connectivity index (χ4v) is 6.90. The van der Waals surface area contributed by atoms with E-state index in [1.807, 2.05) is 30.1 Å². The topological polar surface area (TPSA) is 54.5 Å². The number of carbonyl (C=O) groups is 1. The van der Waals surface area contributed by atoms with Crippen LogP contribution in [0.3, 0.4) is 0 Å². The van der Waals surface area contributed by atoms with Crippen molar-refractivity contribution < 1.29 is 9.53 Å². The predicted octanol–water partition coefficient (Wildman–Crippen LogP) is 5.00. The highest BCUT2D eigenvalue weighted by molar-refractivity contribution is 7.12. The summed E-state index contributed by atoms with van der Waals surface area (Å²) in [5, 5.41) is 5.02. The van der Waals surface area contributed by atoms with Crippen molar-refractivity contribution in [3.8, 4) is 16.9 Å². The number of carbonyl (C=O) groups excluding carboxylic acids is 1. The van der Waals surface area contributed by atoms with Crippen LogP contribution < -0.4 is 19.8 Å². The van der Waals surface area contributed by atoms with E-state index in [-0.39, 0.29) is 11.9 Å². The maximum Gasteiger partial charge on any atom is 0.266 e. The molecule has 1 amide bonds. The van der Waals surface area contributed by atoms with E-state index in [0.717, 1.165) is 70.7 Å². The highest BCUT2D eigenvalue weighted by Crippen LogP contribution is 2.32. The molecule has 0 radical (unpaired) electrons. The van der Waals surface area contributed by atoms with Gasteiger partial charge < -0.3 is 15.0 Å². The number of thiophene rings is 1. The first-order valence-corrected chi connectivity index (χ1v) is 13.8. The Hall–Kier alpha value is -2.67. The third kappa shape index (κ3) is 5.08. The van der Waals surface area contributed by atoms with Crippen LogP contribution in [0, 0.1) is 0 Å². The number of rotatable bonds is 7. The molecule has 0 spiro atoms. The van der Waals surface area contributed by atoms with Crippen molar-refractivity contribution in [2.24, 2.45) is 0 Å². The van der Waals surface area contributed by atoms with Gasteiger partial charge in [0.25, 0.3) is 5.91 Å². The molecule has 5 nitrogen and oxygen atoms in total. The number of halogens is 1. The fourth-order valence-electron chi connectivity index (χ4n) is 5.34. The number of nitrogens with zero attached hydrogens (tertiary/aromatic N) is 2. The molecular weight excluding hydrogens is 490 g/mol. The number of aromatic nitrogens is 1. The number of amides is 1. The van der Waals surface area contributed by atoms with Gasteiger partial charge in [0.05, 0.1) is 12.1 Å². The molecule has 0 aliphatic heterocycles. The van der Waals surface area contributed by atoms with Gasteiger partial charge in [-0.05, 0) is 81.0 Å². The van der Waals surface area contributed by atoms with Crippen molar-refractivity contribution in [3.63, 3.8) is 0 Å². The molecule has 7 heteroatoms. The van der Waals surface area contributed by atoms with E-state index in [1.54, 1.807) is 19.5 Å². The van der Waals surface area contributed by atoms with E-state index >= 15 is 0 Å². The van der Waals surface area contributed by atoms with Crippen LogP contribution in [0.15, 0.2) is 42.7 Å². The van der Waals surface area contributed by atoms with Gasteiger partial charge in [-0.15, -0.1) is 11.3 Å². The Bertz CT molecular complexity index is 1350. The van der Waals surface area contributed by atoms with Crippen molar-refractivity contribution in [3.05, 3.63) is 67.9 Å². The van der Waals surface area contributed by atoms with Gasteiger partial charge in [0.15, 0.2) is 0 Å². The van der Waals surface area contributed by atoms with Crippen molar-refractivity contribution >= 4 is 41.0 Å². The number of pyridine rings is 1. The van der Waals surface area contributed by atoms with Gasteiger partial charge in [-0.25, -0.2) is 0 Å².